The lowest BCUT2D eigenvalue weighted by molar-refractivity contribution is -0.138. The quantitative estimate of drug-likeness (QED) is 0.327. The zero-order valence-corrected chi connectivity index (χ0v) is 25.0. The summed E-state index contributed by atoms with van der Waals surface area (Å²) in [4.78, 5) is 43.8. The number of fused-ring (bicyclic) bond motifs is 2. The standard InChI is InChI=1S/C32H26Cl2F4N4O3/c33-17-7-6-16-12-31(30(45)40-23(16)10-17)26(20-2-1-3-22(34)27(20)35)25-24(42(31)13-15-4-5-15)14-41(29(25)44)18-8-9-19(28(39)43)21(11-18)32(36,37)38/h1-3,6-11,15,24-26H,4-5,12-14H2,(H2,39,43)(H,40,45)/t24-,25+,26-,31+/m0/s1. The van der Waals surface area contributed by atoms with Crippen LogP contribution in [-0.2, 0) is 22.2 Å². The molecule has 13 heteroatoms. The minimum absolute atomic E-state index is 0.0510. The summed E-state index contributed by atoms with van der Waals surface area (Å²) in [6.45, 7) is 0.385. The Morgan fingerprint density at radius 3 is 2.51 bits per heavy atom. The van der Waals surface area contributed by atoms with Crippen molar-refractivity contribution in [1.29, 1.82) is 0 Å². The van der Waals surface area contributed by atoms with E-state index in [1.165, 1.54) is 23.1 Å². The molecule has 0 aromatic heterocycles. The number of hydrogen-bond donors (Lipinski definition) is 2. The fourth-order valence-corrected chi connectivity index (χ4v) is 7.89. The highest BCUT2D eigenvalue weighted by molar-refractivity contribution is 6.31. The first-order valence-electron chi connectivity index (χ1n) is 14.4. The number of primary amides is 1. The van der Waals surface area contributed by atoms with E-state index in [1.807, 2.05) is 4.90 Å². The molecule has 3 aromatic carbocycles. The summed E-state index contributed by atoms with van der Waals surface area (Å²) >= 11 is 12.5. The fraction of sp³-hybridized carbons (Fsp3) is 0.344. The molecule has 1 spiro atoms. The molecule has 45 heavy (non-hydrogen) atoms. The number of nitrogens with one attached hydrogen (secondary N) is 1. The van der Waals surface area contributed by atoms with Gasteiger partial charge in [-0.3, -0.25) is 19.3 Å². The van der Waals surface area contributed by atoms with Gasteiger partial charge in [0.1, 0.15) is 11.4 Å². The topological polar surface area (TPSA) is 95.7 Å². The number of carbonyl (C=O) groups excluding carboxylic acids is 3. The molecular formula is C32H26Cl2F4N4O3. The highest BCUT2D eigenvalue weighted by Crippen LogP contribution is 2.58. The highest BCUT2D eigenvalue weighted by Gasteiger charge is 2.69. The van der Waals surface area contributed by atoms with Crippen LogP contribution < -0.4 is 16.0 Å². The molecule has 3 N–H and O–H groups in total. The van der Waals surface area contributed by atoms with Crippen LogP contribution in [0.1, 0.15) is 45.8 Å². The van der Waals surface area contributed by atoms with Gasteiger partial charge in [-0.15, -0.1) is 0 Å². The molecule has 0 radical (unpaired) electrons. The van der Waals surface area contributed by atoms with Crippen molar-refractivity contribution in [1.82, 2.24) is 4.90 Å². The van der Waals surface area contributed by atoms with E-state index in [0.29, 0.717) is 17.3 Å². The van der Waals surface area contributed by atoms with E-state index in [9.17, 15) is 27.6 Å². The van der Waals surface area contributed by atoms with Gasteiger partial charge in [0.05, 0.1) is 22.1 Å². The Morgan fingerprint density at radius 1 is 1.07 bits per heavy atom. The van der Waals surface area contributed by atoms with Crippen molar-refractivity contribution in [2.75, 3.05) is 23.3 Å². The second-order valence-electron chi connectivity index (χ2n) is 12.2. The summed E-state index contributed by atoms with van der Waals surface area (Å²) in [5.41, 5.74) is 3.11. The zero-order valence-electron chi connectivity index (χ0n) is 23.5. The van der Waals surface area contributed by atoms with Gasteiger partial charge in [0.15, 0.2) is 0 Å². The maximum Gasteiger partial charge on any atom is 0.417 e. The van der Waals surface area contributed by atoms with E-state index < -0.39 is 64.3 Å². The number of halogens is 6. The number of likely N-dealkylation sites (tertiary alicyclic amines) is 1. The van der Waals surface area contributed by atoms with Crippen LogP contribution in [0.3, 0.4) is 0 Å². The summed E-state index contributed by atoms with van der Waals surface area (Å²) < 4.78 is 57.9. The second kappa shape index (κ2) is 10.4. The summed E-state index contributed by atoms with van der Waals surface area (Å²) in [6.07, 6.45) is -2.94. The van der Waals surface area contributed by atoms with Crippen LogP contribution in [0.5, 0.6) is 0 Å². The van der Waals surface area contributed by atoms with Gasteiger partial charge in [0.2, 0.25) is 17.7 Å². The first-order valence-corrected chi connectivity index (χ1v) is 15.2. The van der Waals surface area contributed by atoms with Crippen LogP contribution in [0.25, 0.3) is 0 Å². The van der Waals surface area contributed by atoms with Gasteiger partial charge in [-0.05, 0) is 66.3 Å². The molecule has 7 nitrogen and oxygen atoms in total. The monoisotopic (exact) mass is 660 g/mol. The summed E-state index contributed by atoms with van der Waals surface area (Å²) in [6, 6.07) is 11.9. The number of anilines is 2. The van der Waals surface area contributed by atoms with Crippen molar-refractivity contribution in [2.24, 2.45) is 17.6 Å². The lowest BCUT2D eigenvalue weighted by Crippen LogP contribution is -2.62. The summed E-state index contributed by atoms with van der Waals surface area (Å²) in [5, 5.41) is 3.21. The maximum atomic E-state index is 16.0. The van der Waals surface area contributed by atoms with E-state index in [4.69, 9.17) is 28.9 Å². The highest BCUT2D eigenvalue weighted by atomic mass is 35.5. The van der Waals surface area contributed by atoms with Gasteiger partial charge < -0.3 is 16.0 Å². The third-order valence-corrected chi connectivity index (χ3v) is 10.2. The minimum atomic E-state index is -4.91. The maximum absolute atomic E-state index is 16.0. The van der Waals surface area contributed by atoms with Crippen LogP contribution >= 0.6 is 23.2 Å². The van der Waals surface area contributed by atoms with E-state index in [0.717, 1.165) is 30.5 Å². The number of benzene rings is 3. The number of amides is 3. The number of hydrogen-bond acceptors (Lipinski definition) is 4. The molecule has 7 rings (SSSR count). The average Bonchev–Trinajstić information content (AvgIpc) is 3.69. The number of carbonyl (C=O) groups is 3. The second-order valence-corrected chi connectivity index (χ2v) is 13.1. The smallest absolute Gasteiger partial charge is 0.366 e. The van der Waals surface area contributed by atoms with Gasteiger partial charge in [0.25, 0.3) is 0 Å². The molecule has 4 aliphatic rings. The summed E-state index contributed by atoms with van der Waals surface area (Å²) in [5.74, 6) is -4.78. The fourth-order valence-electron chi connectivity index (χ4n) is 7.54. The SMILES string of the molecule is NC(=O)c1ccc(N2C[C@H]3[C@@H](C2=O)[C@H](c2cccc(Cl)c2F)[C@@]2(Cc4ccc(Cl)cc4NC2=O)N3CC2CC2)cc1C(F)(F)F. The molecule has 4 atom stereocenters. The van der Waals surface area contributed by atoms with Gasteiger partial charge in [-0.25, -0.2) is 4.39 Å². The van der Waals surface area contributed by atoms with Crippen molar-refractivity contribution in [3.05, 3.63) is 92.7 Å². The van der Waals surface area contributed by atoms with Crippen molar-refractivity contribution < 1.29 is 31.9 Å². The van der Waals surface area contributed by atoms with Gasteiger partial charge in [-0.2, -0.15) is 13.2 Å². The minimum Gasteiger partial charge on any atom is -0.366 e. The molecule has 3 heterocycles. The largest absolute Gasteiger partial charge is 0.417 e. The predicted molar refractivity (Wildman–Crippen MR) is 160 cm³/mol. The lowest BCUT2D eigenvalue weighted by atomic mass is 9.69. The lowest BCUT2D eigenvalue weighted by Gasteiger charge is -2.46. The molecule has 0 unspecified atom stereocenters. The van der Waals surface area contributed by atoms with E-state index in [1.54, 1.807) is 24.3 Å². The molecule has 3 amide bonds. The Morgan fingerprint density at radius 2 is 1.82 bits per heavy atom. The normalized spacial score (nSPS) is 26.3. The van der Waals surface area contributed by atoms with Crippen molar-refractivity contribution in [3.8, 4) is 0 Å². The molecule has 3 aromatic rings. The van der Waals surface area contributed by atoms with E-state index >= 15 is 4.39 Å². The Bertz CT molecular complexity index is 1780. The summed E-state index contributed by atoms with van der Waals surface area (Å²) in [7, 11) is 0. The Kier molecular flexibility index (Phi) is 6.96. The third-order valence-electron chi connectivity index (χ3n) is 9.65. The van der Waals surface area contributed by atoms with Crippen molar-refractivity contribution in [2.45, 2.75) is 42.9 Å². The van der Waals surface area contributed by atoms with Crippen LogP contribution in [0.2, 0.25) is 10.0 Å². The average molecular weight is 661 g/mol. The Labute approximate surface area is 265 Å². The van der Waals surface area contributed by atoms with Gasteiger partial charge >= 0.3 is 6.18 Å². The predicted octanol–water partition coefficient (Wildman–Crippen LogP) is 6.02. The van der Waals surface area contributed by atoms with Crippen molar-refractivity contribution >= 4 is 52.3 Å². The Hall–Kier alpha value is -3.67. The molecule has 3 aliphatic heterocycles. The van der Waals surface area contributed by atoms with Crippen LogP contribution in [-0.4, -0.2) is 47.3 Å². The van der Waals surface area contributed by atoms with Gasteiger partial charge in [-0.1, -0.05) is 41.4 Å². The van der Waals surface area contributed by atoms with Crippen LogP contribution in [0.4, 0.5) is 28.9 Å². The molecule has 2 saturated heterocycles. The number of rotatable bonds is 5. The van der Waals surface area contributed by atoms with E-state index in [2.05, 4.69) is 5.32 Å². The zero-order chi connectivity index (χ0) is 32.0. The van der Waals surface area contributed by atoms with Gasteiger partial charge in [0, 0.05) is 47.9 Å². The third kappa shape index (κ3) is 4.70. The van der Waals surface area contributed by atoms with E-state index in [-0.39, 0.29) is 35.2 Å². The number of nitrogens with two attached hydrogens (primary N) is 1. The molecule has 1 saturated carbocycles. The molecular weight excluding hydrogens is 635 g/mol. The van der Waals surface area contributed by atoms with Crippen LogP contribution in [0.15, 0.2) is 54.6 Å². The number of nitrogens with zero attached hydrogens (tertiary/aromatic N) is 2. The molecule has 1 aliphatic carbocycles. The Balaban J connectivity index is 1.40. The first-order chi connectivity index (χ1) is 21.3. The molecule has 234 valence electrons. The van der Waals surface area contributed by atoms with Crippen LogP contribution in [0, 0.1) is 17.7 Å². The molecule has 0 bridgehead atoms. The first kappa shape index (κ1) is 30.0. The number of alkyl halides is 3. The van der Waals surface area contributed by atoms with Crippen molar-refractivity contribution in [3.63, 3.8) is 0 Å². The molecule has 3 fully saturated rings.